The van der Waals surface area contributed by atoms with E-state index in [1.54, 1.807) is 18.2 Å². The largest absolute Gasteiger partial charge is 0.321 e. The molecule has 0 fully saturated rings. The highest BCUT2D eigenvalue weighted by Gasteiger charge is 2.17. The van der Waals surface area contributed by atoms with Gasteiger partial charge in [-0.1, -0.05) is 24.3 Å². The number of aromatic nitrogens is 1. The molecule has 1 aromatic heterocycles. The second kappa shape index (κ2) is 7.27. The zero-order valence-electron chi connectivity index (χ0n) is 14.2. The van der Waals surface area contributed by atoms with Gasteiger partial charge in [0.2, 0.25) is 0 Å². The summed E-state index contributed by atoms with van der Waals surface area (Å²) in [6.07, 6.45) is 0. The van der Waals surface area contributed by atoms with Gasteiger partial charge in [-0.15, -0.1) is 11.3 Å². The third kappa shape index (κ3) is 4.27. The number of anilines is 2. The van der Waals surface area contributed by atoms with E-state index < -0.39 is 15.9 Å². The van der Waals surface area contributed by atoms with Gasteiger partial charge in [-0.25, -0.2) is 13.4 Å². The predicted molar refractivity (Wildman–Crippen MR) is 103 cm³/mol. The van der Waals surface area contributed by atoms with Crippen molar-refractivity contribution in [1.29, 1.82) is 0 Å². The number of benzene rings is 2. The zero-order valence-corrected chi connectivity index (χ0v) is 15.8. The van der Waals surface area contributed by atoms with Crippen LogP contribution in [0.4, 0.5) is 10.8 Å². The molecule has 0 radical (unpaired) electrons. The lowest BCUT2D eigenvalue weighted by Gasteiger charge is -2.06. The van der Waals surface area contributed by atoms with Crippen LogP contribution in [0, 0.1) is 13.8 Å². The van der Waals surface area contributed by atoms with E-state index in [0.29, 0.717) is 5.69 Å². The Labute approximate surface area is 156 Å². The Morgan fingerprint density at radius 2 is 1.69 bits per heavy atom. The SMILES string of the molecule is Cc1cc(C)cc(NC(=O)c2csc(NS(=O)(=O)c3ccccc3)n2)c1. The Morgan fingerprint density at radius 1 is 1.04 bits per heavy atom. The average molecular weight is 387 g/mol. The number of amides is 1. The maximum Gasteiger partial charge on any atom is 0.275 e. The summed E-state index contributed by atoms with van der Waals surface area (Å²) in [5.74, 6) is -0.392. The number of sulfonamides is 1. The number of thiazole rings is 1. The van der Waals surface area contributed by atoms with Gasteiger partial charge >= 0.3 is 0 Å². The Morgan fingerprint density at radius 3 is 2.35 bits per heavy atom. The van der Waals surface area contributed by atoms with Crippen LogP contribution in [0.25, 0.3) is 0 Å². The highest BCUT2D eigenvalue weighted by molar-refractivity contribution is 7.93. The van der Waals surface area contributed by atoms with E-state index in [-0.39, 0.29) is 15.7 Å². The van der Waals surface area contributed by atoms with Crippen molar-refractivity contribution < 1.29 is 13.2 Å². The van der Waals surface area contributed by atoms with Crippen LogP contribution in [0.5, 0.6) is 0 Å². The molecule has 0 aliphatic rings. The first-order chi connectivity index (χ1) is 12.3. The molecule has 3 aromatic rings. The molecular weight excluding hydrogens is 370 g/mol. The van der Waals surface area contributed by atoms with Crippen molar-refractivity contribution in [3.05, 3.63) is 70.7 Å². The van der Waals surface area contributed by atoms with E-state index in [9.17, 15) is 13.2 Å². The molecule has 6 nitrogen and oxygen atoms in total. The van der Waals surface area contributed by atoms with Crippen molar-refractivity contribution in [2.75, 3.05) is 10.0 Å². The van der Waals surface area contributed by atoms with Crippen molar-refractivity contribution >= 4 is 38.1 Å². The van der Waals surface area contributed by atoms with Crippen molar-refractivity contribution in [2.45, 2.75) is 18.7 Å². The molecule has 26 heavy (non-hydrogen) atoms. The first kappa shape index (κ1) is 18.1. The maximum absolute atomic E-state index is 12.3. The molecule has 0 aliphatic heterocycles. The molecule has 1 heterocycles. The molecule has 0 saturated carbocycles. The van der Waals surface area contributed by atoms with Crippen LogP contribution in [0.1, 0.15) is 21.6 Å². The molecule has 1 amide bonds. The summed E-state index contributed by atoms with van der Waals surface area (Å²) in [5.41, 5.74) is 2.90. The second-order valence-electron chi connectivity index (χ2n) is 5.79. The fraction of sp³-hybridized carbons (Fsp3) is 0.111. The minimum absolute atomic E-state index is 0.136. The van der Waals surface area contributed by atoms with Crippen LogP contribution in [0.15, 0.2) is 58.8 Å². The van der Waals surface area contributed by atoms with Gasteiger partial charge < -0.3 is 5.32 Å². The van der Waals surface area contributed by atoms with Gasteiger partial charge in [-0.2, -0.15) is 0 Å². The monoisotopic (exact) mass is 387 g/mol. The number of carbonyl (C=O) groups is 1. The van der Waals surface area contributed by atoms with Gasteiger partial charge in [0.15, 0.2) is 5.13 Å². The highest BCUT2D eigenvalue weighted by atomic mass is 32.2. The van der Waals surface area contributed by atoms with Crippen molar-refractivity contribution in [3.8, 4) is 0 Å². The molecule has 134 valence electrons. The average Bonchev–Trinajstić information content (AvgIpc) is 3.02. The lowest BCUT2D eigenvalue weighted by atomic mass is 10.1. The quantitative estimate of drug-likeness (QED) is 0.697. The van der Waals surface area contributed by atoms with Gasteiger partial charge in [0.1, 0.15) is 5.69 Å². The van der Waals surface area contributed by atoms with Gasteiger partial charge in [0, 0.05) is 11.1 Å². The summed E-state index contributed by atoms with van der Waals surface area (Å²) in [6, 6.07) is 13.7. The fourth-order valence-electron chi connectivity index (χ4n) is 2.44. The van der Waals surface area contributed by atoms with Gasteiger partial charge in [-0.05, 0) is 49.2 Å². The summed E-state index contributed by atoms with van der Waals surface area (Å²) in [5, 5.41) is 4.43. The number of aryl methyl sites for hydroxylation is 2. The molecule has 2 N–H and O–H groups in total. The molecule has 3 rings (SSSR count). The number of carbonyl (C=O) groups excluding carboxylic acids is 1. The van der Waals surface area contributed by atoms with E-state index in [2.05, 4.69) is 15.0 Å². The Balaban J connectivity index is 1.74. The molecule has 0 atom stereocenters. The number of nitrogens with zero attached hydrogens (tertiary/aromatic N) is 1. The topological polar surface area (TPSA) is 88.2 Å². The van der Waals surface area contributed by atoms with Crippen LogP contribution in [0.3, 0.4) is 0 Å². The molecule has 0 spiro atoms. The van der Waals surface area contributed by atoms with Gasteiger partial charge in [0.05, 0.1) is 4.90 Å². The van der Waals surface area contributed by atoms with Gasteiger partial charge in [0.25, 0.3) is 15.9 Å². The summed E-state index contributed by atoms with van der Waals surface area (Å²) in [7, 11) is -3.73. The molecule has 0 unspecified atom stereocenters. The minimum atomic E-state index is -3.73. The fourth-order valence-corrected chi connectivity index (χ4v) is 4.40. The summed E-state index contributed by atoms with van der Waals surface area (Å²) < 4.78 is 27.0. The molecule has 0 bridgehead atoms. The number of hydrogen-bond donors (Lipinski definition) is 2. The van der Waals surface area contributed by atoms with Crippen LogP contribution in [-0.2, 0) is 10.0 Å². The molecule has 0 aliphatic carbocycles. The van der Waals surface area contributed by atoms with E-state index in [4.69, 9.17) is 0 Å². The van der Waals surface area contributed by atoms with Crippen molar-refractivity contribution in [2.24, 2.45) is 0 Å². The predicted octanol–water partition coefficient (Wildman–Crippen LogP) is 3.81. The zero-order chi connectivity index (χ0) is 18.7. The third-order valence-corrected chi connectivity index (χ3v) is 5.73. The first-order valence-electron chi connectivity index (χ1n) is 7.76. The molecule has 0 saturated heterocycles. The van der Waals surface area contributed by atoms with E-state index in [1.165, 1.54) is 17.5 Å². The number of rotatable bonds is 5. The van der Waals surface area contributed by atoms with Crippen molar-refractivity contribution in [1.82, 2.24) is 4.98 Å². The standard InChI is InChI=1S/C18H17N3O3S2/c1-12-8-13(2)10-14(9-12)19-17(22)16-11-25-18(20-16)21-26(23,24)15-6-4-3-5-7-15/h3-11H,1-2H3,(H,19,22)(H,20,21). The summed E-state index contributed by atoms with van der Waals surface area (Å²) in [6.45, 7) is 3.89. The highest BCUT2D eigenvalue weighted by Crippen LogP contribution is 2.21. The smallest absolute Gasteiger partial charge is 0.275 e. The summed E-state index contributed by atoms with van der Waals surface area (Å²) >= 11 is 1.05. The Hall–Kier alpha value is -2.71. The van der Waals surface area contributed by atoms with Crippen LogP contribution in [-0.4, -0.2) is 19.3 Å². The number of hydrogen-bond acceptors (Lipinski definition) is 5. The second-order valence-corrected chi connectivity index (χ2v) is 8.33. The number of nitrogens with one attached hydrogen (secondary N) is 2. The van der Waals surface area contributed by atoms with E-state index >= 15 is 0 Å². The van der Waals surface area contributed by atoms with Crippen LogP contribution in [0.2, 0.25) is 0 Å². The Bertz CT molecular complexity index is 1020. The lowest BCUT2D eigenvalue weighted by Crippen LogP contribution is -2.15. The van der Waals surface area contributed by atoms with E-state index in [1.807, 2.05) is 32.0 Å². The molecular formula is C18H17N3O3S2. The normalized spacial score (nSPS) is 11.2. The van der Waals surface area contributed by atoms with Crippen LogP contribution < -0.4 is 10.0 Å². The molecule has 2 aromatic carbocycles. The maximum atomic E-state index is 12.3. The van der Waals surface area contributed by atoms with E-state index in [0.717, 1.165) is 22.5 Å². The summed E-state index contributed by atoms with van der Waals surface area (Å²) in [4.78, 5) is 16.6. The van der Waals surface area contributed by atoms with Crippen LogP contribution >= 0.6 is 11.3 Å². The Kier molecular flexibility index (Phi) is 5.06. The third-order valence-electron chi connectivity index (χ3n) is 3.49. The van der Waals surface area contributed by atoms with Crippen molar-refractivity contribution in [3.63, 3.8) is 0 Å². The first-order valence-corrected chi connectivity index (χ1v) is 10.1. The molecule has 8 heteroatoms. The van der Waals surface area contributed by atoms with Gasteiger partial charge in [-0.3, -0.25) is 9.52 Å². The lowest BCUT2D eigenvalue weighted by molar-refractivity contribution is 0.102. The minimum Gasteiger partial charge on any atom is -0.321 e.